The zero-order chi connectivity index (χ0) is 11.7. The maximum absolute atomic E-state index is 11.3. The SMILES string of the molecule is COC(=O)c1ccc2nc(N)c(Cl)cc2c1. The summed E-state index contributed by atoms with van der Waals surface area (Å²) in [7, 11) is 1.33. The number of methoxy groups -OCH3 is 1. The highest BCUT2D eigenvalue weighted by Crippen LogP contribution is 2.23. The molecule has 2 N–H and O–H groups in total. The topological polar surface area (TPSA) is 65.2 Å². The molecule has 2 aromatic rings. The number of pyridine rings is 1. The summed E-state index contributed by atoms with van der Waals surface area (Å²) in [6.07, 6.45) is 0. The van der Waals surface area contributed by atoms with E-state index in [4.69, 9.17) is 17.3 Å². The number of hydrogen-bond donors (Lipinski definition) is 1. The lowest BCUT2D eigenvalue weighted by atomic mass is 10.1. The van der Waals surface area contributed by atoms with Crippen molar-refractivity contribution in [1.82, 2.24) is 4.98 Å². The smallest absolute Gasteiger partial charge is 0.337 e. The minimum atomic E-state index is -0.394. The van der Waals surface area contributed by atoms with Gasteiger partial charge in [-0.05, 0) is 24.3 Å². The van der Waals surface area contributed by atoms with Crippen LogP contribution in [-0.4, -0.2) is 18.1 Å². The fourth-order valence-corrected chi connectivity index (χ4v) is 1.57. The Balaban J connectivity index is 2.62. The largest absolute Gasteiger partial charge is 0.465 e. The van der Waals surface area contributed by atoms with Crippen molar-refractivity contribution in [3.05, 3.63) is 34.9 Å². The normalized spacial score (nSPS) is 10.4. The molecule has 5 heteroatoms. The molecule has 0 bridgehead atoms. The second-order valence-corrected chi connectivity index (χ2v) is 3.66. The number of nitrogens with zero attached hydrogens (tertiary/aromatic N) is 1. The van der Waals surface area contributed by atoms with E-state index in [1.165, 1.54) is 7.11 Å². The van der Waals surface area contributed by atoms with E-state index in [0.717, 1.165) is 5.39 Å². The van der Waals surface area contributed by atoms with Crippen LogP contribution in [0.3, 0.4) is 0 Å². The van der Waals surface area contributed by atoms with Crippen molar-refractivity contribution in [2.75, 3.05) is 12.8 Å². The number of hydrogen-bond acceptors (Lipinski definition) is 4. The number of aromatic nitrogens is 1. The van der Waals surface area contributed by atoms with Crippen LogP contribution in [0.4, 0.5) is 5.82 Å². The molecule has 1 heterocycles. The summed E-state index contributed by atoms with van der Waals surface area (Å²) < 4.78 is 4.62. The fourth-order valence-electron chi connectivity index (χ4n) is 1.41. The average molecular weight is 237 g/mol. The zero-order valence-electron chi connectivity index (χ0n) is 8.53. The molecule has 1 aromatic carbocycles. The molecule has 82 valence electrons. The first kappa shape index (κ1) is 10.7. The summed E-state index contributed by atoms with van der Waals surface area (Å²) in [5, 5.41) is 1.12. The van der Waals surface area contributed by atoms with Gasteiger partial charge in [-0.1, -0.05) is 11.6 Å². The molecule has 0 radical (unpaired) electrons. The third-order valence-corrected chi connectivity index (χ3v) is 2.52. The van der Waals surface area contributed by atoms with Crippen molar-refractivity contribution in [2.45, 2.75) is 0 Å². The van der Waals surface area contributed by atoms with Crippen molar-refractivity contribution in [3.63, 3.8) is 0 Å². The molecule has 4 nitrogen and oxygen atoms in total. The standard InChI is InChI=1S/C11H9ClN2O2/c1-16-11(15)6-2-3-9-7(4-6)5-8(12)10(13)14-9/h2-5H,1H3,(H2,13,14). The van der Waals surface area contributed by atoms with Gasteiger partial charge in [-0.3, -0.25) is 0 Å². The van der Waals surface area contributed by atoms with Gasteiger partial charge >= 0.3 is 5.97 Å². The summed E-state index contributed by atoms with van der Waals surface area (Å²) in [5.41, 5.74) is 6.72. The fraction of sp³-hybridized carbons (Fsp3) is 0.0909. The predicted octanol–water partition coefficient (Wildman–Crippen LogP) is 2.26. The minimum absolute atomic E-state index is 0.278. The molecule has 0 fully saturated rings. The van der Waals surface area contributed by atoms with Crippen molar-refractivity contribution >= 4 is 34.3 Å². The summed E-state index contributed by atoms with van der Waals surface area (Å²) >= 11 is 5.85. The van der Waals surface area contributed by atoms with E-state index >= 15 is 0 Å². The van der Waals surface area contributed by atoms with E-state index in [1.54, 1.807) is 24.3 Å². The number of rotatable bonds is 1. The Hall–Kier alpha value is -1.81. The molecule has 1 aromatic heterocycles. The predicted molar refractivity (Wildman–Crippen MR) is 62.5 cm³/mol. The highest BCUT2D eigenvalue weighted by molar-refractivity contribution is 6.33. The van der Waals surface area contributed by atoms with Crippen LogP contribution >= 0.6 is 11.6 Å². The lowest BCUT2D eigenvalue weighted by Crippen LogP contribution is -2.01. The van der Waals surface area contributed by atoms with E-state index in [0.29, 0.717) is 16.1 Å². The number of nitrogens with two attached hydrogens (primary N) is 1. The van der Waals surface area contributed by atoms with Gasteiger partial charge in [0.1, 0.15) is 5.82 Å². The highest BCUT2D eigenvalue weighted by Gasteiger charge is 2.07. The Bertz CT molecular complexity index is 569. The first-order valence-corrected chi connectivity index (χ1v) is 4.93. The summed E-state index contributed by atoms with van der Waals surface area (Å²) in [6, 6.07) is 6.67. The van der Waals surface area contributed by atoms with E-state index in [1.807, 2.05) is 0 Å². The molecular weight excluding hydrogens is 228 g/mol. The summed E-state index contributed by atoms with van der Waals surface area (Å²) in [4.78, 5) is 15.4. The van der Waals surface area contributed by atoms with Crippen LogP contribution in [-0.2, 0) is 4.74 Å². The Morgan fingerprint density at radius 3 is 2.88 bits per heavy atom. The van der Waals surface area contributed by atoms with Crippen LogP contribution in [0.2, 0.25) is 5.02 Å². The first-order valence-electron chi connectivity index (χ1n) is 4.56. The van der Waals surface area contributed by atoms with Crippen molar-refractivity contribution in [3.8, 4) is 0 Å². The van der Waals surface area contributed by atoms with Crippen molar-refractivity contribution in [1.29, 1.82) is 0 Å². The van der Waals surface area contributed by atoms with Gasteiger partial charge < -0.3 is 10.5 Å². The third-order valence-electron chi connectivity index (χ3n) is 2.22. The number of anilines is 1. The van der Waals surface area contributed by atoms with Crippen LogP contribution in [0.25, 0.3) is 10.9 Å². The minimum Gasteiger partial charge on any atom is -0.465 e. The lowest BCUT2D eigenvalue weighted by molar-refractivity contribution is 0.0601. The summed E-state index contributed by atoms with van der Waals surface area (Å²) in [5.74, 6) is -0.116. The number of halogens is 1. The van der Waals surface area contributed by atoms with Gasteiger partial charge in [0.25, 0.3) is 0 Å². The third kappa shape index (κ3) is 1.79. The maximum Gasteiger partial charge on any atom is 0.337 e. The number of nitrogen functional groups attached to an aromatic ring is 1. The molecule has 2 rings (SSSR count). The molecule has 0 spiro atoms. The Morgan fingerprint density at radius 2 is 2.19 bits per heavy atom. The van der Waals surface area contributed by atoms with E-state index < -0.39 is 5.97 Å². The van der Waals surface area contributed by atoms with Crippen LogP contribution in [0, 0.1) is 0 Å². The first-order chi connectivity index (χ1) is 7.61. The number of esters is 1. The Kier molecular flexibility index (Phi) is 2.66. The Morgan fingerprint density at radius 1 is 1.44 bits per heavy atom. The molecule has 0 saturated carbocycles. The Labute approximate surface area is 97.0 Å². The molecule has 0 aliphatic rings. The highest BCUT2D eigenvalue weighted by atomic mass is 35.5. The number of fused-ring (bicyclic) bond motifs is 1. The van der Waals surface area contributed by atoms with Crippen LogP contribution in [0.15, 0.2) is 24.3 Å². The van der Waals surface area contributed by atoms with Crippen molar-refractivity contribution < 1.29 is 9.53 Å². The zero-order valence-corrected chi connectivity index (χ0v) is 9.28. The molecule has 0 saturated heterocycles. The monoisotopic (exact) mass is 236 g/mol. The molecule has 0 amide bonds. The maximum atomic E-state index is 11.3. The van der Waals surface area contributed by atoms with E-state index in [2.05, 4.69) is 9.72 Å². The van der Waals surface area contributed by atoms with Gasteiger partial charge in [0.05, 0.1) is 23.2 Å². The van der Waals surface area contributed by atoms with Gasteiger partial charge in [-0.2, -0.15) is 0 Å². The molecule has 16 heavy (non-hydrogen) atoms. The quantitative estimate of drug-likeness (QED) is 0.772. The second-order valence-electron chi connectivity index (χ2n) is 3.25. The van der Waals surface area contributed by atoms with Gasteiger partial charge in [0, 0.05) is 5.39 Å². The van der Waals surface area contributed by atoms with Crippen molar-refractivity contribution in [2.24, 2.45) is 0 Å². The average Bonchev–Trinajstić information content (AvgIpc) is 2.29. The molecule has 0 aliphatic heterocycles. The van der Waals surface area contributed by atoms with Crippen LogP contribution in [0.1, 0.15) is 10.4 Å². The van der Waals surface area contributed by atoms with Crippen LogP contribution in [0.5, 0.6) is 0 Å². The van der Waals surface area contributed by atoms with Crippen LogP contribution < -0.4 is 5.73 Å². The lowest BCUT2D eigenvalue weighted by Gasteiger charge is -2.03. The molecule has 0 aliphatic carbocycles. The molecule has 0 unspecified atom stereocenters. The van der Waals surface area contributed by atoms with Gasteiger partial charge in [-0.15, -0.1) is 0 Å². The van der Waals surface area contributed by atoms with Gasteiger partial charge in [-0.25, -0.2) is 9.78 Å². The molecule has 0 atom stereocenters. The summed E-state index contributed by atoms with van der Waals surface area (Å²) in [6.45, 7) is 0. The molecular formula is C11H9ClN2O2. The van der Waals surface area contributed by atoms with E-state index in [9.17, 15) is 4.79 Å². The number of ether oxygens (including phenoxy) is 1. The van der Waals surface area contributed by atoms with E-state index in [-0.39, 0.29) is 5.82 Å². The second kappa shape index (κ2) is 3.98. The number of benzene rings is 1. The number of carbonyl (C=O) groups excluding carboxylic acids is 1. The van der Waals surface area contributed by atoms with Gasteiger partial charge in [0.15, 0.2) is 0 Å². The van der Waals surface area contributed by atoms with Gasteiger partial charge in [0.2, 0.25) is 0 Å². The number of carbonyl (C=O) groups is 1.